The summed E-state index contributed by atoms with van der Waals surface area (Å²) >= 11 is 0. The van der Waals surface area contributed by atoms with Gasteiger partial charge in [0, 0.05) is 11.6 Å². The second-order valence-electron chi connectivity index (χ2n) is 4.56. The third-order valence-electron chi connectivity index (χ3n) is 3.02. The maximum atomic E-state index is 13.7. The minimum Gasteiger partial charge on any atom is -0.324 e. The van der Waals surface area contributed by atoms with Crippen molar-refractivity contribution in [2.24, 2.45) is 5.73 Å². The van der Waals surface area contributed by atoms with E-state index in [0.717, 1.165) is 12.1 Å². The summed E-state index contributed by atoms with van der Waals surface area (Å²) in [4.78, 5) is 0. The molecule has 100 valence electrons. The van der Waals surface area contributed by atoms with Gasteiger partial charge in [0.25, 0.3) is 0 Å². The molecule has 19 heavy (non-hydrogen) atoms. The van der Waals surface area contributed by atoms with Crippen molar-refractivity contribution in [3.05, 3.63) is 70.5 Å². The van der Waals surface area contributed by atoms with E-state index in [2.05, 4.69) is 0 Å². The van der Waals surface area contributed by atoms with Crippen molar-refractivity contribution in [1.29, 1.82) is 0 Å². The molecule has 0 aliphatic carbocycles. The molecule has 0 heterocycles. The van der Waals surface area contributed by atoms with Gasteiger partial charge in [-0.2, -0.15) is 0 Å². The Morgan fingerprint density at radius 2 is 1.79 bits per heavy atom. The molecule has 2 aromatic rings. The van der Waals surface area contributed by atoms with Crippen LogP contribution in [0.1, 0.15) is 22.7 Å². The van der Waals surface area contributed by atoms with Gasteiger partial charge < -0.3 is 5.73 Å². The molecule has 0 saturated carbocycles. The van der Waals surface area contributed by atoms with Gasteiger partial charge in [-0.05, 0) is 48.7 Å². The monoisotopic (exact) mass is 265 g/mol. The second kappa shape index (κ2) is 5.45. The maximum Gasteiger partial charge on any atom is 0.128 e. The lowest BCUT2D eigenvalue weighted by Crippen LogP contribution is -2.15. The number of aryl methyl sites for hydroxylation is 1. The van der Waals surface area contributed by atoms with Crippen LogP contribution in [-0.4, -0.2) is 0 Å². The van der Waals surface area contributed by atoms with E-state index in [-0.39, 0.29) is 23.4 Å². The van der Waals surface area contributed by atoms with Crippen molar-refractivity contribution in [2.45, 2.75) is 19.4 Å². The minimum atomic E-state index is -0.711. The lowest BCUT2D eigenvalue weighted by molar-refractivity contribution is 0.555. The first-order valence-electron chi connectivity index (χ1n) is 5.93. The van der Waals surface area contributed by atoms with Crippen molar-refractivity contribution in [1.82, 2.24) is 0 Å². The number of rotatable bonds is 3. The first-order valence-corrected chi connectivity index (χ1v) is 5.93. The van der Waals surface area contributed by atoms with E-state index < -0.39 is 17.7 Å². The van der Waals surface area contributed by atoms with Crippen LogP contribution in [0.4, 0.5) is 13.2 Å². The first-order chi connectivity index (χ1) is 8.97. The van der Waals surface area contributed by atoms with E-state index in [1.807, 2.05) is 0 Å². The second-order valence-corrected chi connectivity index (χ2v) is 4.56. The fourth-order valence-electron chi connectivity index (χ4n) is 1.97. The van der Waals surface area contributed by atoms with Gasteiger partial charge in [-0.1, -0.05) is 12.1 Å². The lowest BCUT2D eigenvalue weighted by Gasteiger charge is -2.14. The van der Waals surface area contributed by atoms with Crippen molar-refractivity contribution >= 4 is 0 Å². The van der Waals surface area contributed by atoms with Gasteiger partial charge in [-0.25, -0.2) is 13.2 Å². The molecule has 0 bridgehead atoms. The number of hydrogen-bond donors (Lipinski definition) is 1. The van der Waals surface area contributed by atoms with Gasteiger partial charge in [0.15, 0.2) is 0 Å². The van der Waals surface area contributed by atoms with Crippen LogP contribution in [0.5, 0.6) is 0 Å². The van der Waals surface area contributed by atoms with E-state index in [4.69, 9.17) is 5.73 Å². The van der Waals surface area contributed by atoms with Crippen LogP contribution < -0.4 is 5.73 Å². The molecule has 1 unspecified atom stereocenters. The molecule has 0 saturated heterocycles. The highest BCUT2D eigenvalue weighted by molar-refractivity contribution is 5.29. The van der Waals surface area contributed by atoms with E-state index in [1.54, 1.807) is 12.1 Å². The fraction of sp³-hybridized carbons (Fsp3) is 0.200. The van der Waals surface area contributed by atoms with Crippen LogP contribution in [0.3, 0.4) is 0 Å². The van der Waals surface area contributed by atoms with Crippen molar-refractivity contribution in [3.63, 3.8) is 0 Å². The highest BCUT2D eigenvalue weighted by Gasteiger charge is 2.15. The Labute approximate surface area is 109 Å². The summed E-state index contributed by atoms with van der Waals surface area (Å²) in [6.45, 7) is 1.49. The molecular formula is C15H14F3N. The smallest absolute Gasteiger partial charge is 0.128 e. The molecular weight excluding hydrogens is 251 g/mol. The third kappa shape index (κ3) is 3.15. The zero-order valence-electron chi connectivity index (χ0n) is 10.5. The number of hydrogen-bond acceptors (Lipinski definition) is 1. The average Bonchev–Trinajstić information content (AvgIpc) is 2.33. The Morgan fingerprint density at radius 1 is 1.05 bits per heavy atom. The van der Waals surface area contributed by atoms with E-state index in [9.17, 15) is 13.2 Å². The average molecular weight is 265 g/mol. The van der Waals surface area contributed by atoms with Gasteiger partial charge in [0.2, 0.25) is 0 Å². The van der Waals surface area contributed by atoms with E-state index >= 15 is 0 Å². The Balaban J connectivity index is 2.25. The molecule has 0 fully saturated rings. The largest absolute Gasteiger partial charge is 0.324 e. The van der Waals surface area contributed by atoms with Gasteiger partial charge in [0.05, 0.1) is 0 Å². The molecule has 0 amide bonds. The summed E-state index contributed by atoms with van der Waals surface area (Å²) in [6.07, 6.45) is 0.247. The summed E-state index contributed by atoms with van der Waals surface area (Å²) in [6, 6.07) is 7.43. The summed E-state index contributed by atoms with van der Waals surface area (Å²) in [5.41, 5.74) is 6.85. The predicted octanol–water partition coefficient (Wildman–Crippen LogP) is 3.65. The first kappa shape index (κ1) is 13.6. The molecule has 0 aromatic heterocycles. The van der Waals surface area contributed by atoms with Crippen molar-refractivity contribution < 1.29 is 13.2 Å². The molecule has 2 N–H and O–H groups in total. The van der Waals surface area contributed by atoms with Gasteiger partial charge in [0.1, 0.15) is 17.5 Å². The Morgan fingerprint density at radius 3 is 2.47 bits per heavy atom. The highest BCUT2D eigenvalue weighted by Crippen LogP contribution is 2.22. The molecule has 1 atom stereocenters. The maximum absolute atomic E-state index is 13.7. The van der Waals surface area contributed by atoms with Crippen LogP contribution in [-0.2, 0) is 6.42 Å². The van der Waals surface area contributed by atoms with Crippen LogP contribution >= 0.6 is 0 Å². The zero-order valence-corrected chi connectivity index (χ0v) is 10.5. The normalized spacial score (nSPS) is 12.5. The van der Waals surface area contributed by atoms with Crippen LogP contribution in [0.15, 0.2) is 36.4 Å². The van der Waals surface area contributed by atoms with E-state index in [0.29, 0.717) is 5.56 Å². The Hall–Kier alpha value is -1.81. The lowest BCUT2D eigenvalue weighted by atomic mass is 9.98. The number of halogens is 3. The van der Waals surface area contributed by atoms with Crippen molar-refractivity contribution in [2.75, 3.05) is 0 Å². The Kier molecular flexibility index (Phi) is 3.90. The minimum absolute atomic E-state index is 0.104. The summed E-state index contributed by atoms with van der Waals surface area (Å²) < 4.78 is 40.2. The third-order valence-corrected chi connectivity index (χ3v) is 3.02. The molecule has 0 aliphatic heterocycles. The van der Waals surface area contributed by atoms with Crippen molar-refractivity contribution in [3.8, 4) is 0 Å². The standard InChI is InChI=1S/C15H14F3N/c1-9-5-14(18)12(8-13(9)17)15(19)7-10-3-2-4-11(16)6-10/h2-6,8,15H,7,19H2,1H3. The van der Waals surface area contributed by atoms with E-state index in [1.165, 1.54) is 19.1 Å². The number of nitrogens with two attached hydrogens (primary N) is 1. The van der Waals surface area contributed by atoms with Crippen LogP contribution in [0, 0.1) is 24.4 Å². The molecule has 2 aromatic carbocycles. The van der Waals surface area contributed by atoms with Gasteiger partial charge in [-0.15, -0.1) is 0 Å². The van der Waals surface area contributed by atoms with Crippen LogP contribution in [0.2, 0.25) is 0 Å². The molecule has 4 heteroatoms. The zero-order chi connectivity index (χ0) is 14.0. The molecule has 0 aliphatic rings. The summed E-state index contributed by atoms with van der Waals surface area (Å²) in [5.74, 6) is -1.41. The quantitative estimate of drug-likeness (QED) is 0.900. The van der Waals surface area contributed by atoms with Gasteiger partial charge >= 0.3 is 0 Å². The molecule has 2 rings (SSSR count). The topological polar surface area (TPSA) is 26.0 Å². The molecule has 1 nitrogen and oxygen atoms in total. The van der Waals surface area contributed by atoms with Crippen LogP contribution in [0.25, 0.3) is 0 Å². The molecule has 0 spiro atoms. The fourth-order valence-corrected chi connectivity index (χ4v) is 1.97. The summed E-state index contributed by atoms with van der Waals surface area (Å²) in [7, 11) is 0. The summed E-state index contributed by atoms with van der Waals surface area (Å²) in [5, 5.41) is 0. The predicted molar refractivity (Wildman–Crippen MR) is 68.1 cm³/mol. The highest BCUT2D eigenvalue weighted by atomic mass is 19.1. The number of benzene rings is 2. The SMILES string of the molecule is Cc1cc(F)c(C(N)Cc2cccc(F)c2)cc1F. The Bertz CT molecular complexity index is 596. The molecule has 0 radical (unpaired) electrons. The van der Waals surface area contributed by atoms with Gasteiger partial charge in [-0.3, -0.25) is 0 Å².